The summed E-state index contributed by atoms with van der Waals surface area (Å²) in [5.74, 6) is 0.770. The van der Waals surface area contributed by atoms with Crippen LogP contribution in [0.5, 0.6) is 0 Å². The summed E-state index contributed by atoms with van der Waals surface area (Å²) >= 11 is 0. The van der Waals surface area contributed by atoms with E-state index in [1.54, 1.807) is 22.8 Å². The summed E-state index contributed by atoms with van der Waals surface area (Å²) < 4.78 is 27.4. The molecule has 126 valence electrons. The summed E-state index contributed by atoms with van der Waals surface area (Å²) in [4.78, 5) is 10.8. The van der Waals surface area contributed by atoms with E-state index < -0.39 is 10.0 Å². The predicted octanol–water partition coefficient (Wildman–Crippen LogP) is 1.66. The lowest BCUT2D eigenvalue weighted by Gasteiger charge is -2.25. The number of sulfonamides is 1. The van der Waals surface area contributed by atoms with Gasteiger partial charge in [-0.1, -0.05) is 30.3 Å². The standard InChI is InChI=1S/C17H20N4O2S/c22-24(23,13-14-5-2-1-3-6-14)21-12-8-15-16(21)7-11-20(15)17-18-9-4-10-19-17/h1-6,9-10,15-16H,7-8,11-13H2/t15-,16+/m1/s1. The van der Waals surface area contributed by atoms with E-state index in [2.05, 4.69) is 14.9 Å². The molecule has 0 radical (unpaired) electrons. The quantitative estimate of drug-likeness (QED) is 0.844. The number of anilines is 1. The van der Waals surface area contributed by atoms with Gasteiger partial charge in [-0.3, -0.25) is 0 Å². The average Bonchev–Trinajstić information content (AvgIpc) is 3.18. The Kier molecular flexibility index (Phi) is 3.97. The number of fused-ring (bicyclic) bond motifs is 1. The van der Waals surface area contributed by atoms with Gasteiger partial charge < -0.3 is 4.90 Å². The van der Waals surface area contributed by atoms with Gasteiger partial charge in [0.1, 0.15) is 0 Å². The molecule has 2 atom stereocenters. The fourth-order valence-corrected chi connectivity index (χ4v) is 5.67. The van der Waals surface area contributed by atoms with Crippen molar-refractivity contribution in [2.75, 3.05) is 18.0 Å². The van der Waals surface area contributed by atoms with E-state index in [4.69, 9.17) is 0 Å². The first-order chi connectivity index (χ1) is 11.6. The van der Waals surface area contributed by atoms with Gasteiger partial charge in [-0.05, 0) is 24.5 Å². The first-order valence-electron chi connectivity index (χ1n) is 8.22. The van der Waals surface area contributed by atoms with Crippen molar-refractivity contribution in [1.29, 1.82) is 0 Å². The molecule has 4 rings (SSSR count). The molecule has 1 aromatic carbocycles. The second kappa shape index (κ2) is 6.14. The van der Waals surface area contributed by atoms with Crippen LogP contribution < -0.4 is 4.90 Å². The maximum absolute atomic E-state index is 12.9. The largest absolute Gasteiger partial charge is 0.336 e. The fourth-order valence-electron chi connectivity index (χ4n) is 3.85. The molecule has 6 nitrogen and oxygen atoms in total. The van der Waals surface area contributed by atoms with Crippen LogP contribution in [0.3, 0.4) is 0 Å². The van der Waals surface area contributed by atoms with Crippen molar-refractivity contribution < 1.29 is 8.42 Å². The lowest BCUT2D eigenvalue weighted by Crippen LogP contribution is -2.40. The molecule has 0 N–H and O–H groups in total. The number of rotatable bonds is 4. The molecule has 2 saturated heterocycles. The van der Waals surface area contributed by atoms with Crippen LogP contribution in [0, 0.1) is 0 Å². The van der Waals surface area contributed by atoms with Crippen molar-refractivity contribution in [2.24, 2.45) is 0 Å². The van der Waals surface area contributed by atoms with Crippen LogP contribution in [0.1, 0.15) is 18.4 Å². The van der Waals surface area contributed by atoms with E-state index in [0.717, 1.165) is 24.9 Å². The summed E-state index contributed by atoms with van der Waals surface area (Å²) in [5.41, 5.74) is 0.835. The molecular weight excluding hydrogens is 324 g/mol. The molecule has 0 amide bonds. The SMILES string of the molecule is O=S(=O)(Cc1ccccc1)N1CC[C@@H]2[C@@H]1CCN2c1ncccn1. The molecule has 0 unspecified atom stereocenters. The third-order valence-corrected chi connectivity index (χ3v) is 6.75. The van der Waals surface area contributed by atoms with Crippen molar-refractivity contribution in [3.05, 3.63) is 54.4 Å². The molecular formula is C17H20N4O2S. The summed E-state index contributed by atoms with van der Waals surface area (Å²) in [7, 11) is -3.31. The van der Waals surface area contributed by atoms with Crippen LogP contribution in [0.25, 0.3) is 0 Å². The molecule has 24 heavy (non-hydrogen) atoms. The van der Waals surface area contributed by atoms with Crippen molar-refractivity contribution in [3.63, 3.8) is 0 Å². The van der Waals surface area contributed by atoms with E-state index in [1.807, 2.05) is 30.3 Å². The monoisotopic (exact) mass is 344 g/mol. The Morgan fingerprint density at radius 1 is 0.958 bits per heavy atom. The zero-order valence-corrected chi connectivity index (χ0v) is 14.1. The Labute approximate surface area is 142 Å². The van der Waals surface area contributed by atoms with Gasteiger partial charge in [0.2, 0.25) is 16.0 Å². The summed E-state index contributed by atoms with van der Waals surface area (Å²) in [5, 5.41) is 0. The zero-order chi connectivity index (χ0) is 16.6. The summed E-state index contributed by atoms with van der Waals surface area (Å²) in [6, 6.07) is 11.4. The van der Waals surface area contributed by atoms with Gasteiger partial charge in [0, 0.05) is 37.6 Å². The number of benzene rings is 1. The van der Waals surface area contributed by atoms with Crippen LogP contribution >= 0.6 is 0 Å². The van der Waals surface area contributed by atoms with Gasteiger partial charge in [0.25, 0.3) is 0 Å². The minimum absolute atomic E-state index is 0.0301. The minimum Gasteiger partial charge on any atom is -0.336 e. The first-order valence-corrected chi connectivity index (χ1v) is 9.83. The average molecular weight is 344 g/mol. The van der Waals surface area contributed by atoms with Crippen LogP contribution in [0.15, 0.2) is 48.8 Å². The van der Waals surface area contributed by atoms with Gasteiger partial charge in [-0.25, -0.2) is 18.4 Å². The number of hydrogen-bond acceptors (Lipinski definition) is 5. The van der Waals surface area contributed by atoms with E-state index in [0.29, 0.717) is 12.5 Å². The molecule has 0 aliphatic carbocycles. The Bertz CT molecular complexity index is 798. The summed E-state index contributed by atoms with van der Waals surface area (Å²) in [6.07, 6.45) is 5.12. The third-order valence-electron chi connectivity index (χ3n) is 4.88. The van der Waals surface area contributed by atoms with Gasteiger partial charge in [0.05, 0.1) is 5.75 Å². The van der Waals surface area contributed by atoms with Crippen molar-refractivity contribution in [1.82, 2.24) is 14.3 Å². The highest BCUT2D eigenvalue weighted by Gasteiger charge is 2.47. The van der Waals surface area contributed by atoms with E-state index >= 15 is 0 Å². The predicted molar refractivity (Wildman–Crippen MR) is 92.0 cm³/mol. The lowest BCUT2D eigenvalue weighted by atomic mass is 10.1. The molecule has 3 heterocycles. The highest BCUT2D eigenvalue weighted by Crippen LogP contribution is 2.35. The number of hydrogen-bond donors (Lipinski definition) is 0. The Balaban J connectivity index is 1.53. The van der Waals surface area contributed by atoms with E-state index in [-0.39, 0.29) is 17.8 Å². The van der Waals surface area contributed by atoms with Gasteiger partial charge in [-0.2, -0.15) is 4.31 Å². The van der Waals surface area contributed by atoms with E-state index in [1.165, 1.54) is 0 Å². The molecule has 2 fully saturated rings. The third kappa shape index (κ3) is 2.78. The molecule has 0 bridgehead atoms. The molecule has 0 spiro atoms. The highest BCUT2D eigenvalue weighted by atomic mass is 32.2. The second-order valence-corrected chi connectivity index (χ2v) is 8.23. The fraction of sp³-hybridized carbons (Fsp3) is 0.412. The molecule has 2 aliphatic rings. The Morgan fingerprint density at radius 2 is 1.67 bits per heavy atom. The number of aromatic nitrogens is 2. The van der Waals surface area contributed by atoms with Crippen LogP contribution in [0.4, 0.5) is 5.95 Å². The first kappa shape index (κ1) is 15.5. The van der Waals surface area contributed by atoms with Crippen LogP contribution in [-0.4, -0.2) is 47.9 Å². The topological polar surface area (TPSA) is 66.4 Å². The normalized spacial score (nSPS) is 24.2. The zero-order valence-electron chi connectivity index (χ0n) is 13.3. The summed E-state index contributed by atoms with van der Waals surface area (Å²) in [6.45, 7) is 1.38. The maximum Gasteiger partial charge on any atom is 0.225 e. The van der Waals surface area contributed by atoms with E-state index in [9.17, 15) is 8.42 Å². The van der Waals surface area contributed by atoms with Gasteiger partial charge >= 0.3 is 0 Å². The Hall–Kier alpha value is -1.99. The molecule has 1 aromatic heterocycles. The van der Waals surface area contributed by atoms with Crippen LogP contribution in [-0.2, 0) is 15.8 Å². The highest BCUT2D eigenvalue weighted by molar-refractivity contribution is 7.88. The van der Waals surface area contributed by atoms with Crippen molar-refractivity contribution in [3.8, 4) is 0 Å². The smallest absolute Gasteiger partial charge is 0.225 e. The second-order valence-electron chi connectivity index (χ2n) is 6.31. The van der Waals surface area contributed by atoms with Gasteiger partial charge in [0.15, 0.2) is 0 Å². The van der Waals surface area contributed by atoms with Crippen molar-refractivity contribution >= 4 is 16.0 Å². The maximum atomic E-state index is 12.9. The van der Waals surface area contributed by atoms with Gasteiger partial charge in [-0.15, -0.1) is 0 Å². The minimum atomic E-state index is -3.31. The molecule has 2 aromatic rings. The Morgan fingerprint density at radius 3 is 2.42 bits per heavy atom. The van der Waals surface area contributed by atoms with Crippen molar-refractivity contribution in [2.45, 2.75) is 30.7 Å². The number of nitrogens with zero attached hydrogens (tertiary/aromatic N) is 4. The molecule has 7 heteroatoms. The molecule has 0 saturated carbocycles. The molecule has 2 aliphatic heterocycles. The lowest BCUT2D eigenvalue weighted by molar-refractivity contribution is 0.387. The van der Waals surface area contributed by atoms with Crippen LogP contribution in [0.2, 0.25) is 0 Å².